The first-order valence-corrected chi connectivity index (χ1v) is 3.37. The molecule has 0 aliphatic carbocycles. The van der Waals surface area contributed by atoms with Gasteiger partial charge in [-0.15, -0.1) is 0 Å². The molecule has 58 valence electrons. The summed E-state index contributed by atoms with van der Waals surface area (Å²) in [5.74, 6) is 0.0925. The molecule has 0 saturated carbocycles. The smallest absolute Gasteiger partial charge is 0.124 e. The zero-order valence-corrected chi connectivity index (χ0v) is 6.39. The quantitative estimate of drug-likeness (QED) is 0.434. The lowest BCUT2D eigenvalue weighted by molar-refractivity contribution is 1.40. The topological polar surface area (TPSA) is 61.9 Å². The molecule has 0 aliphatic rings. The number of nitrogens with one attached hydrogen (secondary N) is 2. The van der Waals surface area contributed by atoms with Crippen LogP contribution in [0.5, 0.6) is 0 Å². The predicted octanol–water partition coefficient (Wildman–Crippen LogP) is 1.01. The molecule has 3 heteroatoms. The lowest BCUT2D eigenvalue weighted by atomic mass is 10.1. The van der Waals surface area contributed by atoms with Crippen molar-refractivity contribution in [3.8, 4) is 0 Å². The van der Waals surface area contributed by atoms with Crippen LogP contribution in [0.25, 0.3) is 0 Å². The summed E-state index contributed by atoms with van der Waals surface area (Å²) < 4.78 is 0. The van der Waals surface area contributed by atoms with Crippen molar-refractivity contribution < 1.29 is 0 Å². The van der Waals surface area contributed by atoms with Gasteiger partial charge < -0.3 is 11.1 Å². The van der Waals surface area contributed by atoms with E-state index >= 15 is 0 Å². The molecular formula is C8H11N3. The predicted molar refractivity (Wildman–Crippen MR) is 47.0 cm³/mol. The SMILES string of the molecule is CNc1ccccc1C(=N)N. The Balaban J connectivity index is 3.12. The minimum absolute atomic E-state index is 0.0925. The second-order valence-electron chi connectivity index (χ2n) is 2.21. The average molecular weight is 149 g/mol. The molecule has 0 unspecified atom stereocenters. The fraction of sp³-hybridized carbons (Fsp3) is 0.125. The molecule has 4 N–H and O–H groups in total. The van der Waals surface area contributed by atoms with Gasteiger partial charge in [0.05, 0.1) is 0 Å². The zero-order valence-electron chi connectivity index (χ0n) is 6.39. The number of nitrogens with two attached hydrogens (primary N) is 1. The van der Waals surface area contributed by atoms with Crippen molar-refractivity contribution in [3.63, 3.8) is 0 Å². The molecule has 0 spiro atoms. The van der Waals surface area contributed by atoms with Crippen molar-refractivity contribution >= 4 is 11.5 Å². The second kappa shape index (κ2) is 3.05. The third kappa shape index (κ3) is 1.49. The Morgan fingerprint density at radius 3 is 2.55 bits per heavy atom. The molecule has 0 atom stereocenters. The van der Waals surface area contributed by atoms with Gasteiger partial charge in [-0.25, -0.2) is 0 Å². The summed E-state index contributed by atoms with van der Waals surface area (Å²) in [5, 5.41) is 10.2. The average Bonchev–Trinajstić information content (AvgIpc) is 2.04. The molecule has 0 saturated heterocycles. The van der Waals surface area contributed by atoms with E-state index in [-0.39, 0.29) is 5.84 Å². The van der Waals surface area contributed by atoms with Crippen LogP contribution in [0.4, 0.5) is 5.69 Å². The maximum absolute atomic E-state index is 7.22. The van der Waals surface area contributed by atoms with Gasteiger partial charge in [0.25, 0.3) is 0 Å². The Morgan fingerprint density at radius 2 is 2.09 bits per heavy atom. The summed E-state index contributed by atoms with van der Waals surface area (Å²) in [6.07, 6.45) is 0. The first-order valence-electron chi connectivity index (χ1n) is 3.37. The molecule has 0 heterocycles. The Hall–Kier alpha value is -1.51. The van der Waals surface area contributed by atoms with Gasteiger partial charge >= 0.3 is 0 Å². The van der Waals surface area contributed by atoms with E-state index in [9.17, 15) is 0 Å². The summed E-state index contributed by atoms with van der Waals surface area (Å²) in [4.78, 5) is 0. The maximum atomic E-state index is 7.22. The van der Waals surface area contributed by atoms with Gasteiger partial charge in [0, 0.05) is 18.3 Å². The number of nitrogen functional groups attached to an aromatic ring is 1. The van der Waals surface area contributed by atoms with Crippen LogP contribution in [0.15, 0.2) is 24.3 Å². The molecule has 0 aromatic heterocycles. The van der Waals surface area contributed by atoms with Crippen LogP contribution >= 0.6 is 0 Å². The van der Waals surface area contributed by atoms with E-state index < -0.39 is 0 Å². The molecule has 1 rings (SSSR count). The van der Waals surface area contributed by atoms with Crippen molar-refractivity contribution in [2.45, 2.75) is 0 Å². The van der Waals surface area contributed by atoms with E-state index in [1.54, 1.807) is 0 Å². The first kappa shape index (κ1) is 7.60. The van der Waals surface area contributed by atoms with E-state index in [4.69, 9.17) is 11.1 Å². The molecule has 0 radical (unpaired) electrons. The molecule has 11 heavy (non-hydrogen) atoms. The van der Waals surface area contributed by atoms with Gasteiger partial charge in [-0.1, -0.05) is 12.1 Å². The van der Waals surface area contributed by atoms with Crippen LogP contribution in [-0.2, 0) is 0 Å². The van der Waals surface area contributed by atoms with Gasteiger partial charge in [0.2, 0.25) is 0 Å². The maximum Gasteiger partial charge on any atom is 0.124 e. The Labute approximate surface area is 65.7 Å². The van der Waals surface area contributed by atoms with Crippen molar-refractivity contribution in [1.82, 2.24) is 0 Å². The highest BCUT2D eigenvalue weighted by Crippen LogP contribution is 2.12. The van der Waals surface area contributed by atoms with Gasteiger partial charge in [-0.3, -0.25) is 5.41 Å². The largest absolute Gasteiger partial charge is 0.388 e. The highest BCUT2D eigenvalue weighted by atomic mass is 14.8. The van der Waals surface area contributed by atoms with Gasteiger partial charge in [0.15, 0.2) is 0 Å². The summed E-state index contributed by atoms with van der Waals surface area (Å²) >= 11 is 0. The molecule has 0 fully saturated rings. The molecule has 1 aromatic carbocycles. The van der Waals surface area contributed by atoms with E-state index in [1.165, 1.54) is 0 Å². The molecule has 1 aromatic rings. The first-order chi connectivity index (χ1) is 5.25. The van der Waals surface area contributed by atoms with Crippen molar-refractivity contribution in [3.05, 3.63) is 29.8 Å². The number of para-hydroxylation sites is 1. The highest BCUT2D eigenvalue weighted by molar-refractivity contribution is 6.00. The summed E-state index contributed by atoms with van der Waals surface area (Å²) in [6, 6.07) is 7.46. The van der Waals surface area contributed by atoms with Crippen LogP contribution in [0.2, 0.25) is 0 Å². The zero-order chi connectivity index (χ0) is 8.27. The van der Waals surface area contributed by atoms with E-state index in [1.807, 2.05) is 31.3 Å². The Morgan fingerprint density at radius 1 is 1.45 bits per heavy atom. The van der Waals surface area contributed by atoms with Crippen LogP contribution < -0.4 is 11.1 Å². The minimum atomic E-state index is 0.0925. The van der Waals surface area contributed by atoms with Crippen LogP contribution in [0.3, 0.4) is 0 Å². The van der Waals surface area contributed by atoms with Gasteiger partial charge in [-0.2, -0.15) is 0 Å². The van der Waals surface area contributed by atoms with E-state index in [2.05, 4.69) is 5.32 Å². The highest BCUT2D eigenvalue weighted by Gasteiger charge is 2.00. The fourth-order valence-corrected chi connectivity index (χ4v) is 0.936. The summed E-state index contributed by atoms with van der Waals surface area (Å²) in [6.45, 7) is 0. The van der Waals surface area contributed by atoms with Gasteiger partial charge in [0.1, 0.15) is 5.84 Å². The number of rotatable bonds is 2. The number of hydrogen-bond acceptors (Lipinski definition) is 2. The second-order valence-corrected chi connectivity index (χ2v) is 2.21. The summed E-state index contributed by atoms with van der Waals surface area (Å²) in [5.41, 5.74) is 6.97. The Bertz CT molecular complexity index is 268. The Kier molecular flexibility index (Phi) is 2.11. The third-order valence-electron chi connectivity index (χ3n) is 1.49. The minimum Gasteiger partial charge on any atom is -0.388 e. The normalized spacial score (nSPS) is 9.18. The lowest BCUT2D eigenvalue weighted by Gasteiger charge is -2.05. The molecule has 0 amide bonds. The van der Waals surface area contributed by atoms with Crippen molar-refractivity contribution in [1.29, 1.82) is 5.41 Å². The van der Waals surface area contributed by atoms with Crippen molar-refractivity contribution in [2.24, 2.45) is 5.73 Å². The number of anilines is 1. The molecule has 3 nitrogen and oxygen atoms in total. The lowest BCUT2D eigenvalue weighted by Crippen LogP contribution is -2.13. The fourth-order valence-electron chi connectivity index (χ4n) is 0.936. The molecule has 0 bridgehead atoms. The number of hydrogen-bond donors (Lipinski definition) is 3. The monoisotopic (exact) mass is 149 g/mol. The van der Waals surface area contributed by atoms with Crippen molar-refractivity contribution in [2.75, 3.05) is 12.4 Å². The van der Waals surface area contributed by atoms with Crippen LogP contribution in [0, 0.1) is 5.41 Å². The summed E-state index contributed by atoms with van der Waals surface area (Å²) in [7, 11) is 1.81. The number of benzene rings is 1. The van der Waals surface area contributed by atoms with Crippen LogP contribution in [0.1, 0.15) is 5.56 Å². The van der Waals surface area contributed by atoms with Gasteiger partial charge in [-0.05, 0) is 12.1 Å². The van der Waals surface area contributed by atoms with E-state index in [0.717, 1.165) is 11.3 Å². The van der Waals surface area contributed by atoms with E-state index in [0.29, 0.717) is 0 Å². The number of amidine groups is 1. The molecule has 0 aliphatic heterocycles. The molecular weight excluding hydrogens is 138 g/mol. The third-order valence-corrected chi connectivity index (χ3v) is 1.49. The standard InChI is InChI=1S/C8H11N3/c1-11-7-5-3-2-4-6(7)8(9)10/h2-5,11H,1H3,(H3,9,10). The van der Waals surface area contributed by atoms with Crippen LogP contribution in [-0.4, -0.2) is 12.9 Å².